The van der Waals surface area contributed by atoms with Crippen molar-refractivity contribution in [3.05, 3.63) is 52.2 Å². The van der Waals surface area contributed by atoms with E-state index in [0.29, 0.717) is 17.3 Å². The van der Waals surface area contributed by atoms with Gasteiger partial charge in [-0.2, -0.15) is 5.10 Å². The first-order valence-corrected chi connectivity index (χ1v) is 7.06. The van der Waals surface area contributed by atoms with E-state index in [4.69, 9.17) is 11.6 Å². The number of H-pyrrole nitrogens is 2. The number of nitrogens with zero attached hydrogens (tertiary/aromatic N) is 2. The molecule has 0 aliphatic heterocycles. The second kappa shape index (κ2) is 5.46. The lowest BCUT2D eigenvalue weighted by Gasteiger charge is -2.15. The Morgan fingerprint density at radius 2 is 2.18 bits per heavy atom. The maximum Gasteiger partial charge on any atom is 0.276 e. The summed E-state index contributed by atoms with van der Waals surface area (Å²) in [6.45, 7) is 2.09. The molecule has 0 atom stereocenters. The Morgan fingerprint density at radius 3 is 2.86 bits per heavy atom. The van der Waals surface area contributed by atoms with Crippen molar-refractivity contribution in [3.63, 3.8) is 0 Å². The highest BCUT2D eigenvalue weighted by atomic mass is 35.5. The van der Waals surface area contributed by atoms with Gasteiger partial charge in [-0.3, -0.25) is 9.89 Å². The Kier molecular flexibility index (Phi) is 3.62. The van der Waals surface area contributed by atoms with Gasteiger partial charge >= 0.3 is 0 Å². The predicted octanol–water partition coefficient (Wildman–Crippen LogP) is 3.26. The molecule has 5 nitrogen and oxygen atoms in total. The van der Waals surface area contributed by atoms with E-state index in [9.17, 15) is 9.18 Å². The van der Waals surface area contributed by atoms with E-state index in [1.807, 2.05) is 6.07 Å². The molecule has 22 heavy (non-hydrogen) atoms. The minimum Gasteiger partial charge on any atom is -0.357 e. The van der Waals surface area contributed by atoms with Gasteiger partial charge in [0.1, 0.15) is 5.82 Å². The maximum absolute atomic E-state index is 13.2. The molecule has 114 valence electrons. The van der Waals surface area contributed by atoms with Crippen molar-refractivity contribution < 1.29 is 9.18 Å². The SMILES string of the molecule is Cc1[nH]nc(C(=O)N(C)Cc2cc3cc(F)ccc3[nH]2)c1Cl. The monoisotopic (exact) mass is 320 g/mol. The summed E-state index contributed by atoms with van der Waals surface area (Å²) in [5.41, 5.74) is 2.48. The number of carbonyl (C=O) groups is 1. The minimum absolute atomic E-state index is 0.198. The van der Waals surface area contributed by atoms with Crippen LogP contribution in [0.15, 0.2) is 24.3 Å². The average Bonchev–Trinajstić information content (AvgIpc) is 3.01. The largest absolute Gasteiger partial charge is 0.357 e. The van der Waals surface area contributed by atoms with Crippen LogP contribution in [0.3, 0.4) is 0 Å². The summed E-state index contributed by atoms with van der Waals surface area (Å²) in [6, 6.07) is 6.33. The lowest BCUT2D eigenvalue weighted by Crippen LogP contribution is -2.27. The van der Waals surface area contributed by atoms with Gasteiger partial charge in [-0.15, -0.1) is 0 Å². The zero-order chi connectivity index (χ0) is 15.9. The molecule has 3 rings (SSSR count). The molecule has 1 aromatic carbocycles. The molecule has 0 spiro atoms. The van der Waals surface area contributed by atoms with E-state index in [1.54, 1.807) is 20.0 Å². The molecule has 2 heterocycles. The molecule has 0 saturated carbocycles. The zero-order valence-electron chi connectivity index (χ0n) is 12.1. The van der Waals surface area contributed by atoms with Gasteiger partial charge in [0.15, 0.2) is 5.69 Å². The normalized spacial score (nSPS) is 11.1. The van der Waals surface area contributed by atoms with Crippen LogP contribution in [0.5, 0.6) is 0 Å². The molecule has 0 unspecified atom stereocenters. The molecular weight excluding hydrogens is 307 g/mol. The van der Waals surface area contributed by atoms with E-state index in [-0.39, 0.29) is 17.4 Å². The summed E-state index contributed by atoms with van der Waals surface area (Å²) in [6.07, 6.45) is 0. The first kappa shape index (κ1) is 14.6. The highest BCUT2D eigenvalue weighted by molar-refractivity contribution is 6.34. The molecule has 1 amide bonds. The molecule has 2 aromatic heterocycles. The zero-order valence-corrected chi connectivity index (χ0v) is 12.8. The Labute approximate surface area is 131 Å². The molecular formula is C15H14ClFN4O. The van der Waals surface area contributed by atoms with E-state index < -0.39 is 0 Å². The lowest BCUT2D eigenvalue weighted by molar-refractivity contribution is 0.0778. The Bertz CT molecular complexity index is 854. The summed E-state index contributed by atoms with van der Waals surface area (Å²) < 4.78 is 13.2. The van der Waals surface area contributed by atoms with E-state index in [2.05, 4.69) is 15.2 Å². The minimum atomic E-state index is -0.290. The fourth-order valence-corrected chi connectivity index (χ4v) is 2.48. The summed E-state index contributed by atoms with van der Waals surface area (Å²) >= 11 is 6.04. The fourth-order valence-electron chi connectivity index (χ4n) is 2.31. The molecule has 0 aliphatic rings. The summed E-state index contributed by atoms with van der Waals surface area (Å²) in [5.74, 6) is -0.569. The third-order valence-corrected chi connectivity index (χ3v) is 3.93. The van der Waals surface area contributed by atoms with Crippen molar-refractivity contribution in [1.82, 2.24) is 20.1 Å². The van der Waals surface area contributed by atoms with Gasteiger partial charge < -0.3 is 9.88 Å². The van der Waals surface area contributed by atoms with Crippen LogP contribution in [0.4, 0.5) is 4.39 Å². The molecule has 0 bridgehead atoms. The first-order valence-electron chi connectivity index (χ1n) is 6.69. The smallest absolute Gasteiger partial charge is 0.276 e. The highest BCUT2D eigenvalue weighted by Gasteiger charge is 2.20. The molecule has 0 radical (unpaired) electrons. The maximum atomic E-state index is 13.2. The Balaban J connectivity index is 1.81. The number of benzene rings is 1. The van der Waals surface area contributed by atoms with Crippen molar-refractivity contribution in [3.8, 4) is 0 Å². The predicted molar refractivity (Wildman–Crippen MR) is 82.4 cm³/mol. The second-order valence-corrected chi connectivity index (χ2v) is 5.58. The topological polar surface area (TPSA) is 64.8 Å². The van der Waals surface area contributed by atoms with Crippen molar-refractivity contribution >= 4 is 28.4 Å². The van der Waals surface area contributed by atoms with Crippen LogP contribution in [-0.2, 0) is 6.54 Å². The number of halogens is 2. The van der Waals surface area contributed by atoms with Crippen molar-refractivity contribution in [1.29, 1.82) is 0 Å². The van der Waals surface area contributed by atoms with Crippen LogP contribution in [-0.4, -0.2) is 33.0 Å². The standard InChI is InChI=1S/C15H14ClFN4O/c1-8-13(16)14(20-19-8)15(22)21(2)7-11-6-9-5-10(17)3-4-12(9)18-11/h3-6,18H,7H2,1-2H3,(H,19,20). The summed E-state index contributed by atoms with van der Waals surface area (Å²) in [5, 5.41) is 7.71. The number of carbonyl (C=O) groups excluding carboxylic acids is 1. The van der Waals surface area contributed by atoms with Gasteiger partial charge in [0.05, 0.1) is 17.3 Å². The van der Waals surface area contributed by atoms with E-state index in [0.717, 1.165) is 16.6 Å². The highest BCUT2D eigenvalue weighted by Crippen LogP contribution is 2.21. The Hall–Kier alpha value is -2.34. The third kappa shape index (κ3) is 2.57. The number of amides is 1. The molecule has 0 saturated heterocycles. The van der Waals surface area contributed by atoms with Gasteiger partial charge in [-0.25, -0.2) is 4.39 Å². The summed E-state index contributed by atoms with van der Waals surface area (Å²) in [7, 11) is 1.66. The summed E-state index contributed by atoms with van der Waals surface area (Å²) in [4.78, 5) is 17.0. The van der Waals surface area contributed by atoms with Gasteiger partial charge in [0.2, 0.25) is 0 Å². The van der Waals surface area contributed by atoms with Crippen molar-refractivity contribution in [2.75, 3.05) is 7.05 Å². The number of aromatic amines is 2. The van der Waals surface area contributed by atoms with E-state index >= 15 is 0 Å². The van der Waals surface area contributed by atoms with Crippen molar-refractivity contribution in [2.45, 2.75) is 13.5 Å². The van der Waals surface area contributed by atoms with Gasteiger partial charge in [0, 0.05) is 23.6 Å². The van der Waals surface area contributed by atoms with E-state index in [1.165, 1.54) is 17.0 Å². The molecule has 3 aromatic rings. The van der Waals surface area contributed by atoms with Crippen LogP contribution in [0, 0.1) is 12.7 Å². The molecule has 7 heteroatoms. The molecule has 0 fully saturated rings. The molecule has 2 N–H and O–H groups in total. The van der Waals surface area contributed by atoms with Crippen LogP contribution >= 0.6 is 11.6 Å². The second-order valence-electron chi connectivity index (χ2n) is 5.20. The number of hydrogen-bond acceptors (Lipinski definition) is 2. The number of aromatic nitrogens is 3. The van der Waals surface area contributed by atoms with Gasteiger partial charge in [-0.05, 0) is 31.2 Å². The number of aryl methyl sites for hydroxylation is 1. The fraction of sp³-hybridized carbons (Fsp3) is 0.200. The average molecular weight is 321 g/mol. The van der Waals surface area contributed by atoms with Gasteiger partial charge in [-0.1, -0.05) is 11.6 Å². The number of nitrogens with one attached hydrogen (secondary N) is 2. The van der Waals surface area contributed by atoms with Crippen LogP contribution in [0.2, 0.25) is 5.02 Å². The van der Waals surface area contributed by atoms with Crippen molar-refractivity contribution in [2.24, 2.45) is 0 Å². The van der Waals surface area contributed by atoms with Crippen LogP contribution in [0.25, 0.3) is 10.9 Å². The molecule has 0 aliphatic carbocycles. The van der Waals surface area contributed by atoms with Gasteiger partial charge in [0.25, 0.3) is 5.91 Å². The Morgan fingerprint density at radius 1 is 1.41 bits per heavy atom. The van der Waals surface area contributed by atoms with Crippen LogP contribution in [0.1, 0.15) is 21.9 Å². The lowest BCUT2D eigenvalue weighted by atomic mass is 10.2. The third-order valence-electron chi connectivity index (χ3n) is 3.47. The first-order chi connectivity index (χ1) is 10.5. The quantitative estimate of drug-likeness (QED) is 0.778. The number of fused-ring (bicyclic) bond motifs is 1. The number of hydrogen-bond donors (Lipinski definition) is 2. The van der Waals surface area contributed by atoms with Crippen LogP contribution < -0.4 is 0 Å². The number of rotatable bonds is 3.